The fourth-order valence-electron chi connectivity index (χ4n) is 3.02. The Morgan fingerprint density at radius 3 is 2.71 bits per heavy atom. The van der Waals surface area contributed by atoms with Crippen LogP contribution in [0.5, 0.6) is 0 Å². The summed E-state index contributed by atoms with van der Waals surface area (Å²) in [6.45, 7) is 5.05. The van der Waals surface area contributed by atoms with Crippen LogP contribution in [0.25, 0.3) is 5.70 Å². The normalized spacial score (nSPS) is 16.5. The van der Waals surface area contributed by atoms with Gasteiger partial charge in [-0.2, -0.15) is 15.2 Å². The Labute approximate surface area is 153 Å². The first kappa shape index (κ1) is 15.4. The number of hydrogen-bond donors (Lipinski definition) is 1. The van der Waals surface area contributed by atoms with Crippen LogP contribution in [0.4, 0.5) is 5.95 Å². The zero-order chi connectivity index (χ0) is 16.7. The lowest BCUT2D eigenvalue weighted by molar-refractivity contribution is 0.600. The third-order valence-corrected chi connectivity index (χ3v) is 5.04. The van der Waals surface area contributed by atoms with Gasteiger partial charge in [-0.15, -0.1) is 0 Å². The number of aryl methyl sites for hydroxylation is 1. The molecular formula is C17H17IN6. The van der Waals surface area contributed by atoms with Gasteiger partial charge in [0.1, 0.15) is 12.4 Å². The Balaban J connectivity index is 1.82. The molecule has 6 nitrogen and oxygen atoms in total. The highest BCUT2D eigenvalue weighted by Gasteiger charge is 2.26. The lowest BCUT2D eigenvalue weighted by atomic mass is 10.0. The number of nitrogens with one attached hydrogen (secondary N) is 1. The molecule has 0 aliphatic carbocycles. The van der Waals surface area contributed by atoms with E-state index in [1.165, 1.54) is 3.57 Å². The molecule has 2 aromatic heterocycles. The average Bonchev–Trinajstić information content (AvgIpc) is 3.21. The summed E-state index contributed by atoms with van der Waals surface area (Å²) in [7, 11) is 0. The second-order valence-electron chi connectivity index (χ2n) is 5.69. The Kier molecular flexibility index (Phi) is 3.87. The first-order chi connectivity index (χ1) is 11.7. The molecule has 24 heavy (non-hydrogen) atoms. The minimum Gasteiger partial charge on any atom is -0.324 e. The van der Waals surface area contributed by atoms with E-state index in [2.05, 4.69) is 87.3 Å². The fourth-order valence-corrected chi connectivity index (χ4v) is 3.38. The second kappa shape index (κ2) is 6.04. The van der Waals surface area contributed by atoms with Gasteiger partial charge in [0.15, 0.2) is 0 Å². The van der Waals surface area contributed by atoms with Crippen LogP contribution >= 0.6 is 22.6 Å². The predicted molar refractivity (Wildman–Crippen MR) is 102 cm³/mol. The molecule has 0 spiro atoms. The summed E-state index contributed by atoms with van der Waals surface area (Å²) in [6, 6.07) is 8.43. The quantitative estimate of drug-likeness (QED) is 0.645. The van der Waals surface area contributed by atoms with Gasteiger partial charge in [0, 0.05) is 27.1 Å². The van der Waals surface area contributed by atoms with Crippen molar-refractivity contribution >= 4 is 34.2 Å². The van der Waals surface area contributed by atoms with E-state index in [9.17, 15) is 0 Å². The van der Waals surface area contributed by atoms with Crippen molar-refractivity contribution in [2.24, 2.45) is 0 Å². The first-order valence-electron chi connectivity index (χ1n) is 7.84. The molecule has 1 aliphatic rings. The minimum absolute atomic E-state index is 0.0154. The number of aromatic nitrogens is 5. The van der Waals surface area contributed by atoms with E-state index in [1.807, 2.05) is 15.6 Å². The molecule has 1 aliphatic heterocycles. The van der Waals surface area contributed by atoms with E-state index in [0.29, 0.717) is 0 Å². The maximum absolute atomic E-state index is 4.48. The predicted octanol–water partition coefficient (Wildman–Crippen LogP) is 3.46. The van der Waals surface area contributed by atoms with E-state index < -0.39 is 0 Å². The Morgan fingerprint density at radius 2 is 2.00 bits per heavy atom. The van der Waals surface area contributed by atoms with Gasteiger partial charge in [-0.05, 0) is 60.2 Å². The van der Waals surface area contributed by atoms with Crippen LogP contribution in [0.3, 0.4) is 0 Å². The molecule has 0 saturated heterocycles. The molecule has 122 valence electrons. The van der Waals surface area contributed by atoms with Crippen molar-refractivity contribution in [3.63, 3.8) is 0 Å². The van der Waals surface area contributed by atoms with E-state index in [0.717, 1.165) is 35.0 Å². The van der Waals surface area contributed by atoms with Crippen molar-refractivity contribution in [3.8, 4) is 0 Å². The molecule has 0 radical (unpaired) electrons. The number of halogens is 1. The highest BCUT2D eigenvalue weighted by Crippen LogP contribution is 2.33. The summed E-state index contributed by atoms with van der Waals surface area (Å²) >= 11 is 2.31. The Morgan fingerprint density at radius 1 is 1.21 bits per heavy atom. The van der Waals surface area contributed by atoms with Gasteiger partial charge in [0.2, 0.25) is 5.95 Å². The second-order valence-corrected chi connectivity index (χ2v) is 6.93. The summed E-state index contributed by atoms with van der Waals surface area (Å²) in [5.74, 6) is 0.750. The van der Waals surface area contributed by atoms with Gasteiger partial charge in [-0.25, -0.2) is 4.68 Å². The first-order valence-corrected chi connectivity index (χ1v) is 8.92. The van der Waals surface area contributed by atoms with Crippen LogP contribution in [-0.4, -0.2) is 24.5 Å². The van der Waals surface area contributed by atoms with Crippen LogP contribution in [-0.2, 0) is 6.54 Å². The Hall–Kier alpha value is -2.16. The molecule has 7 heteroatoms. The van der Waals surface area contributed by atoms with Crippen molar-refractivity contribution in [1.29, 1.82) is 0 Å². The maximum atomic E-state index is 4.48. The summed E-state index contributed by atoms with van der Waals surface area (Å²) in [6.07, 6.45) is 5.70. The number of allylic oxidation sites excluding steroid dienone is 1. The monoisotopic (exact) mass is 432 g/mol. The summed E-state index contributed by atoms with van der Waals surface area (Å²) in [5, 5.41) is 12.2. The topological polar surface area (TPSA) is 60.6 Å². The molecule has 1 aromatic carbocycles. The maximum Gasteiger partial charge on any atom is 0.226 e. The third-order valence-electron chi connectivity index (χ3n) is 4.32. The van der Waals surface area contributed by atoms with Crippen molar-refractivity contribution < 1.29 is 0 Å². The molecule has 0 saturated carbocycles. The minimum atomic E-state index is -0.0154. The SMILES string of the molecule is CCn1ncc([C@@H]2C=C(c3ccc(I)cc3)Nc3ncnn32)c1C. The molecular weight excluding hydrogens is 415 g/mol. The fraction of sp³-hybridized carbons (Fsp3) is 0.235. The van der Waals surface area contributed by atoms with Crippen molar-refractivity contribution in [2.45, 2.75) is 26.4 Å². The number of rotatable bonds is 3. The molecule has 0 unspecified atom stereocenters. The Bertz CT molecular complexity index is 906. The number of nitrogens with zero attached hydrogens (tertiary/aromatic N) is 5. The van der Waals surface area contributed by atoms with Crippen LogP contribution in [0.1, 0.15) is 29.8 Å². The summed E-state index contributed by atoms with van der Waals surface area (Å²) in [4.78, 5) is 4.35. The zero-order valence-electron chi connectivity index (χ0n) is 13.4. The van der Waals surface area contributed by atoms with Gasteiger partial charge in [0.25, 0.3) is 0 Å². The third kappa shape index (κ3) is 2.52. The average molecular weight is 432 g/mol. The van der Waals surface area contributed by atoms with Crippen LogP contribution in [0.2, 0.25) is 0 Å². The summed E-state index contributed by atoms with van der Waals surface area (Å²) in [5.41, 5.74) is 4.48. The number of hydrogen-bond acceptors (Lipinski definition) is 4. The molecule has 0 bridgehead atoms. The van der Waals surface area contributed by atoms with Crippen molar-refractivity contribution in [2.75, 3.05) is 5.32 Å². The zero-order valence-corrected chi connectivity index (χ0v) is 15.6. The molecule has 4 rings (SSSR count). The van der Waals surface area contributed by atoms with Gasteiger partial charge >= 0.3 is 0 Å². The standard InChI is InChI=1S/C17H17IN6/c1-3-23-11(2)14(9-20-23)16-8-15(12-4-6-13(18)7-5-12)22-17-19-10-21-24(16)17/h4-10,16H,3H2,1-2H3,(H,19,21,22)/t16-/m0/s1. The lowest BCUT2D eigenvalue weighted by Crippen LogP contribution is -2.20. The number of benzene rings is 1. The molecule has 0 fully saturated rings. The number of anilines is 1. The number of fused-ring (bicyclic) bond motifs is 1. The van der Waals surface area contributed by atoms with Gasteiger partial charge < -0.3 is 5.32 Å². The van der Waals surface area contributed by atoms with Gasteiger partial charge in [-0.3, -0.25) is 4.68 Å². The van der Waals surface area contributed by atoms with E-state index >= 15 is 0 Å². The van der Waals surface area contributed by atoms with E-state index in [1.54, 1.807) is 6.33 Å². The summed E-state index contributed by atoms with van der Waals surface area (Å²) < 4.78 is 5.12. The van der Waals surface area contributed by atoms with Gasteiger partial charge in [-0.1, -0.05) is 12.1 Å². The molecule has 1 N–H and O–H groups in total. The highest BCUT2D eigenvalue weighted by atomic mass is 127. The van der Waals surface area contributed by atoms with Crippen LogP contribution in [0, 0.1) is 10.5 Å². The van der Waals surface area contributed by atoms with Crippen molar-refractivity contribution in [3.05, 3.63) is 63.3 Å². The molecule has 3 aromatic rings. The smallest absolute Gasteiger partial charge is 0.226 e. The van der Waals surface area contributed by atoms with Crippen LogP contribution in [0.15, 0.2) is 42.9 Å². The largest absolute Gasteiger partial charge is 0.324 e. The highest BCUT2D eigenvalue weighted by molar-refractivity contribution is 14.1. The van der Waals surface area contributed by atoms with E-state index in [-0.39, 0.29) is 6.04 Å². The van der Waals surface area contributed by atoms with Crippen LogP contribution < -0.4 is 5.32 Å². The van der Waals surface area contributed by atoms with E-state index in [4.69, 9.17) is 0 Å². The van der Waals surface area contributed by atoms with Crippen molar-refractivity contribution in [1.82, 2.24) is 24.5 Å². The lowest BCUT2D eigenvalue weighted by Gasteiger charge is -2.24. The molecule has 1 atom stereocenters. The van der Waals surface area contributed by atoms with Gasteiger partial charge in [0.05, 0.1) is 6.20 Å². The molecule has 3 heterocycles. The molecule has 0 amide bonds.